The Morgan fingerprint density at radius 3 is 2.37 bits per heavy atom. The van der Waals surface area contributed by atoms with Gasteiger partial charge in [0.15, 0.2) is 5.82 Å². The van der Waals surface area contributed by atoms with Crippen LogP contribution in [0.4, 0.5) is 0 Å². The molecule has 0 saturated heterocycles. The fourth-order valence-corrected chi connectivity index (χ4v) is 6.31. The van der Waals surface area contributed by atoms with E-state index < -0.39 is 195 Å². The molecule has 41 heavy (non-hydrogen) atoms. The highest BCUT2D eigenvalue weighted by Gasteiger charge is 2.36. The van der Waals surface area contributed by atoms with Crippen molar-refractivity contribution in [1.82, 2.24) is 14.5 Å². The highest BCUT2D eigenvalue weighted by molar-refractivity contribution is 7.25. The van der Waals surface area contributed by atoms with E-state index in [1.54, 1.807) is 0 Å². The van der Waals surface area contributed by atoms with E-state index in [-0.39, 0.29) is 20.3 Å². The van der Waals surface area contributed by atoms with Gasteiger partial charge in [0.05, 0.1) is 48.5 Å². The van der Waals surface area contributed by atoms with Gasteiger partial charge in [-0.05, 0) is 41.3 Å². The minimum Gasteiger partial charge on any atom is -0.300 e. The zero-order chi connectivity index (χ0) is 48.8. The minimum absolute atomic E-state index is 0.0984. The second-order valence-corrected chi connectivity index (χ2v) is 10.1. The molecule has 4 heteroatoms. The molecule has 0 atom stereocenters. The number of para-hydroxylation sites is 2. The molecule has 9 rings (SSSR count). The van der Waals surface area contributed by atoms with Gasteiger partial charge in [-0.1, -0.05) is 98.3 Å². The van der Waals surface area contributed by atoms with Crippen molar-refractivity contribution in [2.45, 2.75) is 19.1 Å². The van der Waals surface area contributed by atoms with E-state index in [0.29, 0.717) is 11.3 Å². The van der Waals surface area contributed by atoms with Gasteiger partial charge >= 0.3 is 0 Å². The summed E-state index contributed by atoms with van der Waals surface area (Å²) >= 11 is 0.661. The van der Waals surface area contributed by atoms with Crippen molar-refractivity contribution < 1.29 is 34.3 Å². The first-order valence-electron chi connectivity index (χ1n) is 24.5. The molecule has 0 fully saturated rings. The summed E-state index contributed by atoms with van der Waals surface area (Å²) in [6.45, 7) is -7.74. The predicted molar refractivity (Wildman–Crippen MR) is 172 cm³/mol. The summed E-state index contributed by atoms with van der Waals surface area (Å²) in [7, 11) is 0. The standard InChI is InChI=1S/C37H25N3S/c1-37(2)27-16-10-15-26-32-25-14-7-9-18-31(25)41-36(32)40(34(26)27)30-20-19-23(21-28(30)37)35-38-29-17-8-6-13-24(29)33(39-35)22-11-4-3-5-12-22/h3-21H,1-2H3/i1D3,2D3,3D,4D,5D,6D,7D,8D,9D,10D,11D,12D,13D,14D,15D,16D,17D,18D,19D,20D,21D. The third-order valence-electron chi connectivity index (χ3n) is 6.91. The number of benzene rings is 5. The van der Waals surface area contributed by atoms with Gasteiger partial charge in [-0.2, -0.15) is 0 Å². The van der Waals surface area contributed by atoms with Crippen molar-refractivity contribution in [2.24, 2.45) is 0 Å². The van der Waals surface area contributed by atoms with E-state index in [1.807, 2.05) is 0 Å². The van der Waals surface area contributed by atoms with Crippen LogP contribution in [0.5, 0.6) is 0 Å². The quantitative estimate of drug-likeness (QED) is 0.208. The van der Waals surface area contributed by atoms with Crippen LogP contribution in [-0.4, -0.2) is 14.5 Å². The Hall–Kier alpha value is -4.80. The number of nitrogens with zero attached hydrogens (tertiary/aromatic N) is 3. The Morgan fingerprint density at radius 1 is 0.707 bits per heavy atom. The van der Waals surface area contributed by atoms with Crippen molar-refractivity contribution in [1.29, 1.82) is 0 Å². The Labute approximate surface area is 276 Å². The highest BCUT2D eigenvalue weighted by Crippen LogP contribution is 2.51. The lowest BCUT2D eigenvalue weighted by Gasteiger charge is -2.35. The van der Waals surface area contributed by atoms with Crippen molar-refractivity contribution in [2.75, 3.05) is 0 Å². The summed E-state index contributed by atoms with van der Waals surface area (Å²) in [5.41, 5.74) is -9.96. The van der Waals surface area contributed by atoms with Crippen molar-refractivity contribution >= 4 is 53.4 Å². The molecule has 5 aromatic carbocycles. The van der Waals surface area contributed by atoms with E-state index in [0.717, 1.165) is 4.57 Å². The molecule has 0 unspecified atom stereocenters. The first-order chi connectivity index (χ1) is 30.5. The lowest BCUT2D eigenvalue weighted by atomic mass is 9.74. The molecule has 0 saturated carbocycles. The van der Waals surface area contributed by atoms with Crippen LogP contribution in [0.15, 0.2) is 115 Å². The number of rotatable bonds is 2. The lowest BCUT2D eigenvalue weighted by Crippen LogP contribution is -2.26. The van der Waals surface area contributed by atoms with Gasteiger partial charge in [0.2, 0.25) is 0 Å². The molecule has 0 amide bonds. The molecule has 194 valence electrons. The van der Waals surface area contributed by atoms with Crippen molar-refractivity contribution in [3.8, 4) is 28.3 Å². The fourth-order valence-electron chi connectivity index (χ4n) is 5.18. The van der Waals surface area contributed by atoms with Gasteiger partial charge in [0, 0.05) is 51.0 Å². The number of aromatic nitrogens is 3. The van der Waals surface area contributed by atoms with Crippen LogP contribution in [0.1, 0.15) is 59.1 Å². The molecule has 0 spiro atoms. The van der Waals surface area contributed by atoms with Crippen LogP contribution in [0.2, 0.25) is 0 Å². The molecule has 1 aliphatic heterocycles. The van der Waals surface area contributed by atoms with E-state index in [2.05, 4.69) is 9.97 Å². The third-order valence-corrected chi connectivity index (χ3v) is 8.00. The zero-order valence-electron chi connectivity index (χ0n) is 45.2. The van der Waals surface area contributed by atoms with Crippen LogP contribution >= 0.6 is 11.3 Å². The zero-order valence-corrected chi connectivity index (χ0v) is 21.1. The number of thiophene rings is 1. The van der Waals surface area contributed by atoms with E-state index in [1.165, 1.54) is 0 Å². The molecule has 0 bridgehead atoms. The van der Waals surface area contributed by atoms with Crippen LogP contribution in [0.25, 0.3) is 70.4 Å². The maximum atomic E-state index is 9.89. The second-order valence-electron chi connectivity index (χ2n) is 9.14. The van der Waals surface area contributed by atoms with Gasteiger partial charge in [0.25, 0.3) is 0 Å². The van der Waals surface area contributed by atoms with Crippen LogP contribution in [0.3, 0.4) is 0 Å². The van der Waals surface area contributed by atoms with Gasteiger partial charge in [-0.25, -0.2) is 9.97 Å². The highest BCUT2D eigenvalue weighted by atomic mass is 32.1. The summed E-state index contributed by atoms with van der Waals surface area (Å²) in [5.74, 6) is -0.918. The average Bonchev–Trinajstić information content (AvgIpc) is 3.79. The summed E-state index contributed by atoms with van der Waals surface area (Å²) in [4.78, 5) is 8.48. The smallest absolute Gasteiger partial charge is 0.160 e. The van der Waals surface area contributed by atoms with Crippen LogP contribution in [-0.2, 0) is 5.41 Å². The maximum Gasteiger partial charge on any atom is 0.160 e. The third kappa shape index (κ3) is 3.08. The summed E-state index contributed by atoms with van der Waals surface area (Å²) < 4.78 is 223. The molecular weight excluding hydrogens is 518 g/mol. The molecule has 8 aromatic rings. The monoisotopic (exact) mass is 568 g/mol. The topological polar surface area (TPSA) is 30.7 Å². The molecule has 3 aromatic heterocycles. The largest absolute Gasteiger partial charge is 0.300 e. The molecule has 0 radical (unpaired) electrons. The summed E-state index contributed by atoms with van der Waals surface area (Å²) in [6.07, 6.45) is 0. The molecule has 0 N–H and O–H groups in total. The molecule has 4 heterocycles. The number of fused-ring (bicyclic) bond motifs is 8. The van der Waals surface area contributed by atoms with Crippen molar-refractivity contribution in [3.63, 3.8) is 0 Å². The summed E-state index contributed by atoms with van der Waals surface area (Å²) in [6, 6.07) is -16.5. The molecule has 3 nitrogen and oxygen atoms in total. The van der Waals surface area contributed by atoms with Crippen molar-refractivity contribution in [3.05, 3.63) is 126 Å². The first-order valence-corrected chi connectivity index (χ1v) is 12.8. The van der Waals surface area contributed by atoms with Gasteiger partial charge in [-0.15, -0.1) is 11.3 Å². The maximum absolute atomic E-state index is 9.89. The minimum atomic E-state index is -3.87. The number of hydrogen-bond donors (Lipinski definition) is 0. The Morgan fingerprint density at radius 2 is 1.49 bits per heavy atom. The van der Waals surface area contributed by atoms with Crippen LogP contribution < -0.4 is 0 Å². The Bertz CT molecular complexity index is 3580. The molecule has 1 aliphatic rings. The number of hydrogen-bond acceptors (Lipinski definition) is 3. The Kier molecular flexibility index (Phi) is 1.86. The second kappa shape index (κ2) is 8.12. The van der Waals surface area contributed by atoms with Gasteiger partial charge in [-0.3, -0.25) is 0 Å². The SMILES string of the molecule is [2H]c1c([2H])c([2H])c(-c2nc(-c3c([2H])c([2H])c4c(c3[2H])C(C([2H])([2H])[2H])(C([2H])([2H])[2H])c3c([2H])c([2H])c([2H])c5c6c7c([2H])c([2H])c([2H])c([2H])c7sc6n-4c35)nc3c([2H])c([2H])c([2H])c([2H])c23)c([2H])c1[2H]. The first kappa shape index (κ1) is 9.37. The van der Waals surface area contributed by atoms with E-state index in [9.17, 15) is 5.48 Å². The van der Waals surface area contributed by atoms with E-state index in [4.69, 9.17) is 28.8 Å². The molecule has 0 aliphatic carbocycles. The normalized spacial score (nSPS) is 23.1. The van der Waals surface area contributed by atoms with Crippen LogP contribution in [0, 0.1) is 0 Å². The lowest BCUT2D eigenvalue weighted by molar-refractivity contribution is 0.630. The predicted octanol–water partition coefficient (Wildman–Crippen LogP) is 9.91. The molecular formula is C37H25N3S. The fraction of sp³-hybridized carbons (Fsp3) is 0.0811. The van der Waals surface area contributed by atoms with Gasteiger partial charge in [0.1, 0.15) is 4.83 Å². The van der Waals surface area contributed by atoms with E-state index >= 15 is 0 Å². The average molecular weight is 569 g/mol. The summed E-state index contributed by atoms with van der Waals surface area (Å²) in [5, 5.41) is -1.39. The van der Waals surface area contributed by atoms with Gasteiger partial charge < -0.3 is 4.57 Å². The Balaban J connectivity index is 1.57.